The Morgan fingerprint density at radius 2 is 1.84 bits per heavy atom. The van der Waals surface area contributed by atoms with E-state index in [9.17, 15) is 38.2 Å². The van der Waals surface area contributed by atoms with Gasteiger partial charge in [0.25, 0.3) is 5.56 Å². The van der Waals surface area contributed by atoms with Crippen molar-refractivity contribution in [3.8, 4) is 12.3 Å². The van der Waals surface area contributed by atoms with Crippen LogP contribution in [-0.2, 0) is 26.8 Å². The fourth-order valence-electron chi connectivity index (χ4n) is 3.04. The van der Waals surface area contributed by atoms with Gasteiger partial charge in [-0.2, -0.15) is 8.62 Å². The molecule has 1 aliphatic rings. The summed E-state index contributed by atoms with van der Waals surface area (Å²) in [5.74, 6) is 2.21. The van der Waals surface area contributed by atoms with Crippen molar-refractivity contribution in [1.29, 1.82) is 0 Å². The van der Waals surface area contributed by atoms with Crippen LogP contribution in [0, 0.1) is 24.7 Å². The first-order valence-corrected chi connectivity index (χ1v) is 12.8. The zero-order valence-electron chi connectivity index (χ0n) is 15.7. The number of aromatic nitrogens is 2. The van der Waals surface area contributed by atoms with E-state index < -0.39 is 58.9 Å². The van der Waals surface area contributed by atoms with Crippen molar-refractivity contribution in [3.05, 3.63) is 32.6 Å². The quantitative estimate of drug-likeness (QED) is 0.194. The molecule has 0 aliphatic heterocycles. The number of hydrogen-bond donors (Lipinski definition) is 6. The average molecular weight is 504 g/mol. The maximum atomic E-state index is 12.1. The van der Waals surface area contributed by atoms with Gasteiger partial charge in [0.05, 0.1) is 18.1 Å². The summed E-state index contributed by atoms with van der Waals surface area (Å²) in [6, 6.07) is -0.737. The van der Waals surface area contributed by atoms with Crippen LogP contribution in [0.15, 0.2) is 15.8 Å². The van der Waals surface area contributed by atoms with Crippen LogP contribution in [-0.4, -0.2) is 46.9 Å². The highest BCUT2D eigenvalue weighted by Gasteiger charge is 2.49. The van der Waals surface area contributed by atoms with Crippen molar-refractivity contribution >= 4 is 23.5 Å². The minimum atomic E-state index is -5.71. The first kappa shape index (κ1) is 25.9. The summed E-state index contributed by atoms with van der Waals surface area (Å²) in [6.07, 6.45) is 5.08. The summed E-state index contributed by atoms with van der Waals surface area (Å²) in [5.41, 5.74) is -2.82. The number of nitrogens with zero attached hydrogens (tertiary/aromatic N) is 1. The third-order valence-corrected chi connectivity index (χ3v) is 8.24. The number of aryl methyl sites for hydroxylation is 1. The molecule has 1 aromatic heterocycles. The summed E-state index contributed by atoms with van der Waals surface area (Å²) in [5, 5.41) is 10.4. The first-order valence-electron chi connectivity index (χ1n) is 8.25. The molecule has 18 heteroatoms. The van der Waals surface area contributed by atoms with Gasteiger partial charge in [-0.3, -0.25) is 18.9 Å². The lowest BCUT2D eigenvalue weighted by molar-refractivity contribution is 0.0443. The van der Waals surface area contributed by atoms with Crippen LogP contribution < -0.4 is 11.2 Å². The number of phosphoric acid groups is 3. The largest absolute Gasteiger partial charge is 0.490 e. The van der Waals surface area contributed by atoms with E-state index >= 15 is 0 Å². The highest BCUT2D eigenvalue weighted by atomic mass is 31.3. The molecular formula is C13H19N2O13P3. The molecule has 0 amide bonds. The van der Waals surface area contributed by atoms with E-state index in [1.165, 1.54) is 13.1 Å². The van der Waals surface area contributed by atoms with E-state index in [1.807, 2.05) is 0 Å². The van der Waals surface area contributed by atoms with Crippen LogP contribution >= 0.6 is 23.5 Å². The number of nitrogens with one attached hydrogen (secondary N) is 1. The Hall–Kier alpha value is -1.39. The Labute approximate surface area is 174 Å². The molecule has 1 heterocycles. The summed E-state index contributed by atoms with van der Waals surface area (Å²) >= 11 is 0. The predicted octanol–water partition coefficient (Wildman–Crippen LogP) is -0.496. The van der Waals surface area contributed by atoms with E-state index in [0.717, 1.165) is 4.57 Å². The van der Waals surface area contributed by atoms with Crippen LogP contribution in [0.5, 0.6) is 0 Å². The summed E-state index contributed by atoms with van der Waals surface area (Å²) in [6.45, 7) is 0.548. The second kappa shape index (κ2) is 8.86. The number of terminal acetylenes is 1. The van der Waals surface area contributed by atoms with Gasteiger partial charge in [0, 0.05) is 17.8 Å². The van der Waals surface area contributed by atoms with Crippen LogP contribution in [0.4, 0.5) is 0 Å². The van der Waals surface area contributed by atoms with Gasteiger partial charge in [-0.1, -0.05) is 5.92 Å². The smallest absolute Gasteiger partial charge is 0.391 e. The van der Waals surface area contributed by atoms with Gasteiger partial charge < -0.3 is 24.7 Å². The standard InChI is InChI=1S/C13H19N2O13P3/c1-3-13(7-26-30(22,23)28-31(24,25)27-29(19,20)21)5-9(4-10(13)16)15-6-8(2)11(17)14-12(15)18/h1,6,9-10,16H,4-5,7H2,2H3,(H,22,23)(H,24,25)(H,14,17,18)(H2,19,20,21). The summed E-state index contributed by atoms with van der Waals surface area (Å²) in [4.78, 5) is 61.5. The lowest BCUT2D eigenvalue weighted by atomic mass is 9.86. The molecule has 0 radical (unpaired) electrons. The Balaban J connectivity index is 2.19. The fourth-order valence-corrected chi connectivity index (χ4v) is 6.13. The molecule has 6 N–H and O–H groups in total. The van der Waals surface area contributed by atoms with Gasteiger partial charge in [0.1, 0.15) is 0 Å². The lowest BCUT2D eigenvalue weighted by Gasteiger charge is -2.27. The topological polar surface area (TPSA) is 235 Å². The Bertz CT molecular complexity index is 1150. The average Bonchev–Trinajstić information content (AvgIpc) is 2.90. The summed E-state index contributed by atoms with van der Waals surface area (Å²) < 4.78 is 46.9. The van der Waals surface area contributed by atoms with Gasteiger partial charge in [0.2, 0.25) is 0 Å². The number of aromatic amines is 1. The van der Waals surface area contributed by atoms with E-state index in [-0.39, 0.29) is 18.4 Å². The van der Waals surface area contributed by atoms with Crippen molar-refractivity contribution in [1.82, 2.24) is 9.55 Å². The first-order chi connectivity index (χ1) is 14.0. The van der Waals surface area contributed by atoms with Gasteiger partial charge in [-0.15, -0.1) is 6.42 Å². The molecule has 0 spiro atoms. The number of rotatable bonds is 8. The number of hydrogen-bond acceptors (Lipinski definition) is 9. The number of aliphatic hydroxyl groups is 1. The SMILES string of the molecule is C#CC1(COP(=O)(O)OP(=O)(O)OP(=O)(O)O)CC(n2cc(C)c(=O)[nH]c2=O)CC1O. The van der Waals surface area contributed by atoms with E-state index in [4.69, 9.17) is 16.2 Å². The van der Waals surface area contributed by atoms with Gasteiger partial charge in [0.15, 0.2) is 0 Å². The minimum absolute atomic E-state index is 0.102. The third kappa shape index (κ3) is 6.55. The second-order valence-corrected chi connectivity index (χ2v) is 11.2. The molecule has 0 aromatic carbocycles. The van der Waals surface area contributed by atoms with E-state index in [2.05, 4.69) is 24.0 Å². The zero-order chi connectivity index (χ0) is 23.8. The molecule has 31 heavy (non-hydrogen) atoms. The molecule has 174 valence electrons. The van der Waals surface area contributed by atoms with Crippen LogP contribution in [0.25, 0.3) is 0 Å². The molecule has 5 unspecified atom stereocenters. The minimum Gasteiger partial charge on any atom is -0.391 e. The van der Waals surface area contributed by atoms with Crippen LogP contribution in [0.1, 0.15) is 24.4 Å². The number of aliphatic hydroxyl groups excluding tert-OH is 1. The highest BCUT2D eigenvalue weighted by molar-refractivity contribution is 7.66. The van der Waals surface area contributed by atoms with Crippen molar-refractivity contribution in [2.75, 3.05) is 6.61 Å². The molecule has 1 aliphatic carbocycles. The van der Waals surface area contributed by atoms with Gasteiger partial charge >= 0.3 is 29.2 Å². The van der Waals surface area contributed by atoms with Crippen LogP contribution in [0.2, 0.25) is 0 Å². The fraction of sp³-hybridized carbons (Fsp3) is 0.538. The second-order valence-electron chi connectivity index (χ2n) is 6.75. The summed E-state index contributed by atoms with van der Waals surface area (Å²) in [7, 11) is -16.7. The maximum absolute atomic E-state index is 12.1. The molecule has 1 saturated carbocycles. The Morgan fingerprint density at radius 1 is 1.23 bits per heavy atom. The Morgan fingerprint density at radius 3 is 2.39 bits per heavy atom. The van der Waals surface area contributed by atoms with Crippen molar-refractivity contribution in [3.63, 3.8) is 0 Å². The normalized spacial score (nSPS) is 27.9. The molecule has 0 bridgehead atoms. The zero-order valence-corrected chi connectivity index (χ0v) is 18.4. The monoisotopic (exact) mass is 504 g/mol. The van der Waals surface area contributed by atoms with Crippen molar-refractivity contribution < 1.29 is 51.5 Å². The molecule has 5 atom stereocenters. The van der Waals surface area contributed by atoms with E-state index in [1.54, 1.807) is 0 Å². The van der Waals surface area contributed by atoms with E-state index in [0.29, 0.717) is 0 Å². The van der Waals surface area contributed by atoms with Crippen molar-refractivity contribution in [2.24, 2.45) is 5.41 Å². The molecule has 2 rings (SSSR count). The number of phosphoric ester groups is 1. The molecule has 1 aromatic rings. The lowest BCUT2D eigenvalue weighted by Crippen LogP contribution is -2.34. The number of H-pyrrole nitrogens is 1. The Kier molecular flexibility index (Phi) is 7.39. The maximum Gasteiger partial charge on any atom is 0.490 e. The molecular weight excluding hydrogens is 485 g/mol. The van der Waals surface area contributed by atoms with Gasteiger partial charge in [-0.05, 0) is 19.8 Å². The van der Waals surface area contributed by atoms with Crippen LogP contribution in [0.3, 0.4) is 0 Å². The highest BCUT2D eigenvalue weighted by Crippen LogP contribution is 2.66. The third-order valence-electron chi connectivity index (χ3n) is 4.46. The van der Waals surface area contributed by atoms with Gasteiger partial charge in [-0.25, -0.2) is 18.5 Å². The predicted molar refractivity (Wildman–Crippen MR) is 101 cm³/mol. The molecule has 0 saturated heterocycles. The molecule has 1 fully saturated rings. The van der Waals surface area contributed by atoms with Crippen molar-refractivity contribution in [2.45, 2.75) is 31.9 Å². The molecule has 15 nitrogen and oxygen atoms in total.